The molecule has 0 aliphatic carbocycles. The number of rotatable bonds is 6. The van der Waals surface area contributed by atoms with Gasteiger partial charge in [-0.15, -0.1) is 0 Å². The van der Waals surface area contributed by atoms with Gasteiger partial charge in [-0.05, 0) is 63.4 Å². The predicted octanol–water partition coefficient (Wildman–Crippen LogP) is 4.30. The summed E-state index contributed by atoms with van der Waals surface area (Å²) < 4.78 is 26.0. The highest BCUT2D eigenvalue weighted by atomic mass is 35.5. The number of aryl methyl sites for hydroxylation is 3. The molecule has 0 bridgehead atoms. The molecule has 0 heterocycles. The Labute approximate surface area is 172 Å². The highest BCUT2D eigenvalue weighted by Crippen LogP contribution is 2.27. The number of carbonyl (C=O) groups excluding carboxylic acids is 1. The summed E-state index contributed by atoms with van der Waals surface area (Å²) in [5, 5.41) is 3.38. The molecular weight excluding hydrogens is 396 g/mol. The second-order valence-corrected chi connectivity index (χ2v) is 9.53. The third-order valence-electron chi connectivity index (χ3n) is 4.76. The van der Waals surface area contributed by atoms with Gasteiger partial charge in [0.15, 0.2) is 0 Å². The van der Waals surface area contributed by atoms with Crippen molar-refractivity contribution in [2.75, 3.05) is 10.6 Å². The van der Waals surface area contributed by atoms with Crippen LogP contribution in [0.2, 0.25) is 5.02 Å². The summed E-state index contributed by atoms with van der Waals surface area (Å²) in [6, 6.07) is 9.82. The van der Waals surface area contributed by atoms with E-state index in [0.717, 1.165) is 32.8 Å². The fraction of sp³-hybridized carbons (Fsp3) is 0.381. The van der Waals surface area contributed by atoms with E-state index >= 15 is 0 Å². The zero-order valence-corrected chi connectivity index (χ0v) is 18.6. The first-order chi connectivity index (χ1) is 12.9. The van der Waals surface area contributed by atoms with Crippen LogP contribution in [0.4, 0.5) is 5.69 Å². The molecule has 0 aromatic heterocycles. The molecule has 0 saturated heterocycles. The molecule has 2 rings (SSSR count). The number of nitrogens with zero attached hydrogens (tertiary/aromatic N) is 1. The Balaban J connectivity index is 2.31. The van der Waals surface area contributed by atoms with Crippen LogP contribution in [0, 0.1) is 20.8 Å². The van der Waals surface area contributed by atoms with Gasteiger partial charge in [0.05, 0.1) is 18.0 Å². The molecule has 1 N–H and O–H groups in total. The van der Waals surface area contributed by atoms with Crippen LogP contribution < -0.4 is 9.62 Å². The third kappa shape index (κ3) is 5.06. The van der Waals surface area contributed by atoms with E-state index in [1.54, 1.807) is 25.1 Å². The summed E-state index contributed by atoms with van der Waals surface area (Å²) in [4.78, 5) is 12.9. The molecule has 5 nitrogen and oxygen atoms in total. The number of benzene rings is 2. The summed E-state index contributed by atoms with van der Waals surface area (Å²) in [7, 11) is -3.69. The van der Waals surface area contributed by atoms with Gasteiger partial charge >= 0.3 is 0 Å². The Bertz CT molecular complexity index is 989. The standard InChI is InChI=1S/C21H27ClN2O3S/c1-13-7-8-14(2)19(11-13)16(4)23-21(25)17(5)24(28(6,26)27)18-10-9-15(3)20(22)12-18/h7-12,16-17H,1-6H3,(H,23,25)/t16-,17+/m1/s1. The minimum atomic E-state index is -3.69. The minimum absolute atomic E-state index is 0.252. The summed E-state index contributed by atoms with van der Waals surface area (Å²) in [5.41, 5.74) is 4.36. The highest BCUT2D eigenvalue weighted by Gasteiger charge is 2.30. The maximum Gasteiger partial charge on any atom is 0.244 e. The van der Waals surface area contributed by atoms with Crippen LogP contribution in [0.5, 0.6) is 0 Å². The molecule has 28 heavy (non-hydrogen) atoms. The van der Waals surface area contributed by atoms with E-state index in [0.29, 0.717) is 10.7 Å². The topological polar surface area (TPSA) is 66.5 Å². The molecule has 0 aliphatic heterocycles. The summed E-state index contributed by atoms with van der Waals surface area (Å²) >= 11 is 6.17. The number of amides is 1. The monoisotopic (exact) mass is 422 g/mol. The van der Waals surface area contributed by atoms with Crippen molar-refractivity contribution in [3.05, 3.63) is 63.7 Å². The van der Waals surface area contributed by atoms with Crippen LogP contribution in [0.1, 0.15) is 42.1 Å². The van der Waals surface area contributed by atoms with Crippen LogP contribution in [-0.4, -0.2) is 26.6 Å². The Morgan fingerprint density at radius 1 is 1.04 bits per heavy atom. The van der Waals surface area contributed by atoms with Crippen molar-refractivity contribution in [2.45, 2.75) is 46.7 Å². The van der Waals surface area contributed by atoms with Gasteiger partial charge in [-0.25, -0.2) is 8.42 Å². The highest BCUT2D eigenvalue weighted by molar-refractivity contribution is 7.92. The van der Waals surface area contributed by atoms with Gasteiger partial charge in [-0.1, -0.05) is 41.4 Å². The molecule has 152 valence electrons. The van der Waals surface area contributed by atoms with Crippen LogP contribution in [0.25, 0.3) is 0 Å². The first-order valence-corrected chi connectivity index (χ1v) is 11.3. The lowest BCUT2D eigenvalue weighted by atomic mass is 10.00. The molecule has 0 fully saturated rings. The van der Waals surface area contributed by atoms with E-state index in [1.807, 2.05) is 45.9 Å². The van der Waals surface area contributed by atoms with E-state index in [1.165, 1.54) is 0 Å². The van der Waals surface area contributed by atoms with Crippen LogP contribution in [-0.2, 0) is 14.8 Å². The first-order valence-electron chi connectivity index (χ1n) is 9.05. The molecule has 2 aromatic rings. The average molecular weight is 423 g/mol. The largest absolute Gasteiger partial charge is 0.348 e. The number of hydrogen-bond donors (Lipinski definition) is 1. The van der Waals surface area contributed by atoms with Crippen molar-refractivity contribution in [1.82, 2.24) is 5.32 Å². The van der Waals surface area contributed by atoms with Gasteiger partial charge in [0, 0.05) is 5.02 Å². The average Bonchev–Trinajstić information content (AvgIpc) is 2.58. The maximum atomic E-state index is 12.9. The van der Waals surface area contributed by atoms with E-state index in [4.69, 9.17) is 11.6 Å². The zero-order chi connectivity index (χ0) is 21.2. The zero-order valence-electron chi connectivity index (χ0n) is 17.1. The lowest BCUT2D eigenvalue weighted by molar-refractivity contribution is -0.122. The molecule has 0 aliphatic rings. The Hall–Kier alpha value is -2.05. The lowest BCUT2D eigenvalue weighted by Gasteiger charge is -2.30. The van der Waals surface area contributed by atoms with Gasteiger partial charge in [0.2, 0.25) is 15.9 Å². The van der Waals surface area contributed by atoms with Crippen molar-refractivity contribution in [1.29, 1.82) is 0 Å². The van der Waals surface area contributed by atoms with Crippen molar-refractivity contribution < 1.29 is 13.2 Å². The SMILES string of the molecule is Cc1ccc(C)c([C@@H](C)NC(=O)[C@H](C)N(c2ccc(C)c(Cl)c2)S(C)(=O)=O)c1. The van der Waals surface area contributed by atoms with E-state index in [-0.39, 0.29) is 11.9 Å². The lowest BCUT2D eigenvalue weighted by Crippen LogP contribution is -2.48. The van der Waals surface area contributed by atoms with Crippen LogP contribution >= 0.6 is 11.6 Å². The van der Waals surface area contributed by atoms with Crippen LogP contribution in [0.3, 0.4) is 0 Å². The molecule has 1 amide bonds. The second-order valence-electron chi connectivity index (χ2n) is 7.26. The number of anilines is 1. The maximum absolute atomic E-state index is 12.9. The first kappa shape index (κ1) is 22.2. The fourth-order valence-electron chi connectivity index (χ4n) is 3.17. The Morgan fingerprint density at radius 2 is 1.64 bits per heavy atom. The van der Waals surface area contributed by atoms with E-state index < -0.39 is 16.1 Å². The smallest absolute Gasteiger partial charge is 0.244 e. The van der Waals surface area contributed by atoms with E-state index in [2.05, 4.69) is 5.32 Å². The van der Waals surface area contributed by atoms with Crippen LogP contribution in [0.15, 0.2) is 36.4 Å². The molecule has 0 spiro atoms. The minimum Gasteiger partial charge on any atom is -0.348 e. The van der Waals surface area contributed by atoms with Gasteiger partial charge in [-0.2, -0.15) is 0 Å². The van der Waals surface area contributed by atoms with Gasteiger partial charge in [0.1, 0.15) is 6.04 Å². The number of carbonyl (C=O) groups is 1. The molecule has 0 saturated carbocycles. The molecular formula is C21H27ClN2O3S. The number of halogens is 1. The Kier molecular flexibility index (Phi) is 6.78. The predicted molar refractivity (Wildman–Crippen MR) is 115 cm³/mol. The van der Waals surface area contributed by atoms with Gasteiger partial charge in [-0.3, -0.25) is 9.10 Å². The molecule has 2 atom stereocenters. The quantitative estimate of drug-likeness (QED) is 0.754. The number of sulfonamides is 1. The summed E-state index contributed by atoms with van der Waals surface area (Å²) in [6.07, 6.45) is 1.08. The van der Waals surface area contributed by atoms with Crippen molar-refractivity contribution >= 4 is 33.2 Å². The van der Waals surface area contributed by atoms with Crippen molar-refractivity contribution in [3.8, 4) is 0 Å². The normalized spacial score (nSPS) is 13.7. The summed E-state index contributed by atoms with van der Waals surface area (Å²) in [6.45, 7) is 9.27. The molecule has 7 heteroatoms. The van der Waals surface area contributed by atoms with Gasteiger partial charge in [0.25, 0.3) is 0 Å². The fourth-order valence-corrected chi connectivity index (χ4v) is 4.51. The van der Waals surface area contributed by atoms with Gasteiger partial charge < -0.3 is 5.32 Å². The van der Waals surface area contributed by atoms with Crippen molar-refractivity contribution in [2.24, 2.45) is 0 Å². The van der Waals surface area contributed by atoms with Crippen molar-refractivity contribution in [3.63, 3.8) is 0 Å². The summed E-state index contributed by atoms with van der Waals surface area (Å²) in [5.74, 6) is -0.379. The van der Waals surface area contributed by atoms with E-state index in [9.17, 15) is 13.2 Å². The third-order valence-corrected chi connectivity index (χ3v) is 6.41. The molecule has 0 unspecified atom stereocenters. The molecule has 0 radical (unpaired) electrons. The Morgan fingerprint density at radius 3 is 2.21 bits per heavy atom. The second kappa shape index (κ2) is 8.53. The number of nitrogens with one attached hydrogen (secondary N) is 1. The molecule has 2 aromatic carbocycles. The number of hydrogen-bond acceptors (Lipinski definition) is 3.